The standard InChI is InChI=1S/C6H7N2O3S2/c1-13(10,11)6-8-3-4(12-6)2-5(7)9/h2-3H,1H3,(H2,7,9). The Morgan fingerprint density at radius 3 is 2.69 bits per heavy atom. The lowest BCUT2D eigenvalue weighted by Crippen LogP contribution is -2.10. The van der Waals surface area contributed by atoms with Gasteiger partial charge in [-0.3, -0.25) is 4.79 Å². The lowest BCUT2D eigenvalue weighted by molar-refractivity contribution is -0.114. The van der Waals surface area contributed by atoms with Crippen molar-refractivity contribution >= 4 is 27.1 Å². The monoisotopic (exact) mass is 219 g/mol. The zero-order valence-corrected chi connectivity index (χ0v) is 8.35. The van der Waals surface area contributed by atoms with Crippen molar-refractivity contribution in [1.82, 2.24) is 4.98 Å². The van der Waals surface area contributed by atoms with Gasteiger partial charge in [0.05, 0.1) is 6.42 Å². The number of aromatic nitrogens is 1. The largest absolute Gasteiger partial charge is 0.369 e. The average Bonchev–Trinajstić information content (AvgIpc) is 2.32. The molecule has 1 rings (SSSR count). The number of hydrogen-bond acceptors (Lipinski definition) is 5. The molecule has 0 aliphatic rings. The second-order valence-corrected chi connectivity index (χ2v) is 5.60. The molecule has 0 saturated carbocycles. The van der Waals surface area contributed by atoms with Crippen LogP contribution in [0.5, 0.6) is 0 Å². The molecule has 13 heavy (non-hydrogen) atoms. The van der Waals surface area contributed by atoms with Gasteiger partial charge in [-0.2, -0.15) is 0 Å². The van der Waals surface area contributed by atoms with Gasteiger partial charge in [-0.05, 0) is 0 Å². The summed E-state index contributed by atoms with van der Waals surface area (Å²) >= 11 is 0.913. The first kappa shape index (κ1) is 10.1. The Balaban J connectivity index is 2.94. The summed E-state index contributed by atoms with van der Waals surface area (Å²) in [4.78, 5) is 14.5. The molecule has 0 aromatic carbocycles. The number of thiazole rings is 1. The third-order valence-corrected chi connectivity index (χ3v) is 3.74. The van der Waals surface area contributed by atoms with Crippen LogP contribution in [0.2, 0.25) is 0 Å². The number of hydrogen-bond donors (Lipinski definition) is 1. The van der Waals surface area contributed by atoms with E-state index in [0.717, 1.165) is 24.0 Å². The molecule has 5 nitrogen and oxygen atoms in total. The van der Waals surface area contributed by atoms with Crippen LogP contribution >= 0.6 is 11.3 Å². The molecule has 0 fully saturated rings. The van der Waals surface area contributed by atoms with Crippen molar-refractivity contribution in [3.8, 4) is 0 Å². The smallest absolute Gasteiger partial charge is 0.227 e. The molecule has 1 radical (unpaired) electrons. The molecule has 0 atom stereocenters. The minimum absolute atomic E-state index is 0.0139. The van der Waals surface area contributed by atoms with Crippen molar-refractivity contribution in [2.24, 2.45) is 5.73 Å². The van der Waals surface area contributed by atoms with Gasteiger partial charge in [-0.1, -0.05) is 0 Å². The van der Waals surface area contributed by atoms with E-state index in [1.165, 1.54) is 6.20 Å². The molecule has 1 aromatic rings. The van der Waals surface area contributed by atoms with Crippen LogP contribution in [0.15, 0.2) is 10.5 Å². The number of sulfone groups is 1. The summed E-state index contributed by atoms with van der Waals surface area (Å²) in [5, 5.41) is 0. The molecular weight excluding hydrogens is 212 g/mol. The fraction of sp³-hybridized carbons (Fsp3) is 0.167. The highest BCUT2D eigenvalue weighted by Crippen LogP contribution is 2.18. The normalized spacial score (nSPS) is 11.5. The van der Waals surface area contributed by atoms with E-state index >= 15 is 0 Å². The molecule has 0 aliphatic carbocycles. The fourth-order valence-corrected chi connectivity index (χ4v) is 2.37. The van der Waals surface area contributed by atoms with Gasteiger partial charge in [-0.25, -0.2) is 13.4 Å². The molecule has 0 bridgehead atoms. The van der Waals surface area contributed by atoms with E-state index in [1.54, 1.807) is 0 Å². The molecule has 0 unspecified atom stereocenters. The van der Waals surface area contributed by atoms with E-state index < -0.39 is 15.7 Å². The number of nitrogens with zero attached hydrogens (tertiary/aromatic N) is 1. The molecule has 7 heteroatoms. The molecule has 2 N–H and O–H groups in total. The number of carbonyl (C=O) groups is 1. The molecule has 0 saturated heterocycles. The number of primary amides is 1. The maximum atomic E-state index is 10.9. The highest BCUT2D eigenvalue weighted by Gasteiger charge is 2.13. The highest BCUT2D eigenvalue weighted by atomic mass is 32.2. The van der Waals surface area contributed by atoms with Crippen LogP contribution in [-0.4, -0.2) is 25.6 Å². The topological polar surface area (TPSA) is 90.1 Å². The summed E-state index contributed by atoms with van der Waals surface area (Å²) < 4.78 is 21.9. The minimum Gasteiger partial charge on any atom is -0.369 e. The number of amides is 1. The van der Waals surface area contributed by atoms with E-state index in [2.05, 4.69) is 4.98 Å². The first-order valence-electron chi connectivity index (χ1n) is 3.19. The van der Waals surface area contributed by atoms with Crippen molar-refractivity contribution in [2.75, 3.05) is 6.26 Å². The van der Waals surface area contributed by atoms with Gasteiger partial charge < -0.3 is 5.73 Å². The molecule has 1 heterocycles. The zero-order valence-electron chi connectivity index (χ0n) is 6.72. The Kier molecular flexibility index (Phi) is 2.67. The summed E-state index contributed by atoms with van der Waals surface area (Å²) in [5.41, 5.74) is 4.88. The maximum absolute atomic E-state index is 10.9. The van der Waals surface area contributed by atoms with E-state index in [0.29, 0.717) is 4.88 Å². The highest BCUT2D eigenvalue weighted by molar-refractivity contribution is 7.92. The van der Waals surface area contributed by atoms with Crippen LogP contribution in [0, 0.1) is 6.42 Å². The Labute approximate surface area is 79.5 Å². The summed E-state index contributed by atoms with van der Waals surface area (Å²) in [6.07, 6.45) is 3.48. The predicted molar refractivity (Wildman–Crippen MR) is 47.8 cm³/mol. The van der Waals surface area contributed by atoms with Crippen LogP contribution in [0.3, 0.4) is 0 Å². The van der Waals surface area contributed by atoms with Gasteiger partial charge in [0.25, 0.3) is 0 Å². The summed E-state index contributed by atoms with van der Waals surface area (Å²) in [6.45, 7) is 0. The number of carbonyl (C=O) groups excluding carboxylic acids is 1. The molecule has 1 aromatic heterocycles. The van der Waals surface area contributed by atoms with Crippen LogP contribution in [0.25, 0.3) is 0 Å². The lowest BCUT2D eigenvalue weighted by Gasteiger charge is -1.88. The Bertz CT molecular complexity index is 421. The van der Waals surface area contributed by atoms with Gasteiger partial charge in [0.1, 0.15) is 0 Å². The van der Waals surface area contributed by atoms with Crippen LogP contribution < -0.4 is 5.73 Å². The Hall–Kier alpha value is -0.950. The maximum Gasteiger partial charge on any atom is 0.227 e. The van der Waals surface area contributed by atoms with Gasteiger partial charge in [-0.15, -0.1) is 11.3 Å². The molecule has 0 aliphatic heterocycles. The van der Waals surface area contributed by atoms with E-state index in [4.69, 9.17) is 5.73 Å². The van der Waals surface area contributed by atoms with Crippen LogP contribution in [0.4, 0.5) is 0 Å². The molecular formula is C6H7N2O3S2. The minimum atomic E-state index is -3.28. The van der Waals surface area contributed by atoms with E-state index in [-0.39, 0.29) is 4.34 Å². The zero-order chi connectivity index (χ0) is 10.1. The quantitative estimate of drug-likeness (QED) is 0.747. The predicted octanol–water partition coefficient (Wildman–Crippen LogP) is -0.416. The molecule has 0 spiro atoms. The van der Waals surface area contributed by atoms with E-state index in [1.807, 2.05) is 0 Å². The average molecular weight is 219 g/mol. The van der Waals surface area contributed by atoms with Crippen molar-refractivity contribution in [2.45, 2.75) is 4.34 Å². The first-order chi connectivity index (χ1) is 5.89. The van der Waals surface area contributed by atoms with Gasteiger partial charge in [0, 0.05) is 17.3 Å². The second kappa shape index (κ2) is 3.43. The Morgan fingerprint density at radius 2 is 2.31 bits per heavy atom. The molecule has 71 valence electrons. The summed E-state index contributed by atoms with van der Waals surface area (Å²) in [6, 6.07) is 0. The van der Waals surface area contributed by atoms with Gasteiger partial charge in [0.15, 0.2) is 0 Å². The van der Waals surface area contributed by atoms with Gasteiger partial charge in [0.2, 0.25) is 20.1 Å². The summed E-state index contributed by atoms with van der Waals surface area (Å²) in [7, 11) is -3.28. The van der Waals surface area contributed by atoms with Crippen LogP contribution in [0.1, 0.15) is 4.88 Å². The van der Waals surface area contributed by atoms with Gasteiger partial charge >= 0.3 is 0 Å². The SMILES string of the molecule is CS(=O)(=O)c1ncc([CH]C(N)=O)s1. The van der Waals surface area contributed by atoms with E-state index in [9.17, 15) is 13.2 Å². The third kappa shape index (κ3) is 2.78. The number of rotatable bonds is 3. The Morgan fingerprint density at radius 1 is 1.69 bits per heavy atom. The first-order valence-corrected chi connectivity index (χ1v) is 5.90. The number of nitrogens with two attached hydrogens (primary N) is 1. The molecule has 1 amide bonds. The lowest BCUT2D eigenvalue weighted by atomic mass is 10.4. The second-order valence-electron chi connectivity index (χ2n) is 2.35. The third-order valence-electron chi connectivity index (χ3n) is 1.10. The van der Waals surface area contributed by atoms with Crippen LogP contribution in [-0.2, 0) is 14.6 Å². The van der Waals surface area contributed by atoms with Crippen molar-refractivity contribution in [1.29, 1.82) is 0 Å². The van der Waals surface area contributed by atoms with Crippen molar-refractivity contribution < 1.29 is 13.2 Å². The summed E-state index contributed by atoms with van der Waals surface area (Å²) in [5.74, 6) is -0.622. The fourth-order valence-electron chi connectivity index (χ4n) is 0.648. The van der Waals surface area contributed by atoms with Crippen molar-refractivity contribution in [3.05, 3.63) is 17.5 Å². The van der Waals surface area contributed by atoms with Crippen molar-refractivity contribution in [3.63, 3.8) is 0 Å².